The lowest BCUT2D eigenvalue weighted by Gasteiger charge is -2.63. The Hall–Kier alpha value is -1.30. The molecular weight excluding hydrogens is 418 g/mol. The fourth-order valence-electron chi connectivity index (χ4n) is 9.20. The second-order valence-corrected chi connectivity index (χ2v) is 12.4. The van der Waals surface area contributed by atoms with Gasteiger partial charge in [0, 0.05) is 11.3 Å². The molecule has 4 aliphatic rings. The lowest BCUT2D eigenvalue weighted by molar-refractivity contribution is -0.184. The summed E-state index contributed by atoms with van der Waals surface area (Å²) in [4.78, 5) is 14.6. The fraction of sp³-hybridized carbons (Fsp3) is 0.962. The van der Waals surface area contributed by atoms with E-state index in [-0.39, 0.29) is 29.4 Å². The maximum Gasteiger partial charge on any atom is 0.305 e. The average Bonchev–Trinajstić information content (AvgIpc) is 3.16. The van der Waals surface area contributed by atoms with Gasteiger partial charge in [0.25, 0.3) is 0 Å². The zero-order chi connectivity index (χ0) is 24.0. The van der Waals surface area contributed by atoms with E-state index in [0.29, 0.717) is 54.8 Å². The molecule has 0 bridgehead atoms. The van der Waals surface area contributed by atoms with Crippen LogP contribution in [0.5, 0.6) is 0 Å². The first-order valence-electron chi connectivity index (χ1n) is 13.1. The van der Waals surface area contributed by atoms with E-state index in [1.807, 2.05) is 0 Å². The van der Waals surface area contributed by atoms with Crippen LogP contribution in [0.3, 0.4) is 0 Å². The van der Waals surface area contributed by atoms with Crippen LogP contribution in [0.1, 0.15) is 85.0 Å². The van der Waals surface area contributed by atoms with Crippen LogP contribution in [-0.2, 0) is 9.53 Å². The quantitative estimate of drug-likeness (QED) is 0.243. The maximum absolute atomic E-state index is 11.7. The van der Waals surface area contributed by atoms with Gasteiger partial charge in [0.2, 0.25) is 0 Å². The zero-order valence-corrected chi connectivity index (χ0v) is 20.9. The molecule has 2 N–H and O–H groups in total. The van der Waals surface area contributed by atoms with Crippen molar-refractivity contribution >= 4 is 5.97 Å². The number of aliphatic hydroxyl groups is 2. The van der Waals surface area contributed by atoms with Crippen molar-refractivity contribution in [1.29, 1.82) is 0 Å². The largest absolute Gasteiger partial charge is 0.469 e. The van der Waals surface area contributed by atoms with Gasteiger partial charge in [0.15, 0.2) is 0 Å². The first-order valence-corrected chi connectivity index (χ1v) is 13.1. The first-order chi connectivity index (χ1) is 15.6. The van der Waals surface area contributed by atoms with Crippen LogP contribution < -0.4 is 0 Å². The predicted molar refractivity (Wildman–Crippen MR) is 126 cm³/mol. The molecular formula is C26H43N3O4. The number of esters is 1. The summed E-state index contributed by atoms with van der Waals surface area (Å²) >= 11 is 0. The van der Waals surface area contributed by atoms with Crippen molar-refractivity contribution in [3.8, 4) is 0 Å². The lowest BCUT2D eigenvalue weighted by atomic mass is 9.43. The average molecular weight is 462 g/mol. The van der Waals surface area contributed by atoms with Crippen LogP contribution in [-0.4, -0.2) is 41.5 Å². The summed E-state index contributed by atoms with van der Waals surface area (Å²) in [6.45, 7) is 7.16. The van der Waals surface area contributed by atoms with Crippen molar-refractivity contribution in [2.75, 3.05) is 13.7 Å². The summed E-state index contributed by atoms with van der Waals surface area (Å²) in [5, 5.41) is 26.4. The molecule has 0 saturated heterocycles. The van der Waals surface area contributed by atoms with Crippen molar-refractivity contribution in [3.63, 3.8) is 0 Å². The number of methoxy groups -OCH3 is 1. The summed E-state index contributed by atoms with van der Waals surface area (Å²) in [5.74, 6) is 2.74. The molecule has 7 heteroatoms. The van der Waals surface area contributed by atoms with Crippen molar-refractivity contribution in [3.05, 3.63) is 10.4 Å². The third-order valence-corrected chi connectivity index (χ3v) is 11.1. The van der Waals surface area contributed by atoms with E-state index in [4.69, 9.17) is 10.3 Å². The summed E-state index contributed by atoms with van der Waals surface area (Å²) in [7, 11) is 1.45. The topological polar surface area (TPSA) is 116 Å². The van der Waals surface area contributed by atoms with Crippen LogP contribution in [0.25, 0.3) is 10.4 Å². The van der Waals surface area contributed by atoms with Gasteiger partial charge in [0.1, 0.15) is 0 Å². The molecule has 7 nitrogen and oxygen atoms in total. The number of hydrogen-bond donors (Lipinski definition) is 2. The predicted octanol–water partition coefficient (Wildman–Crippen LogP) is 5.25. The SMILES string of the molecule is COC(=O)CC[C@@H](C)[C@H]1CC[C@H]2[C@@H]3CC[C@@H]4C[C@](O)(CN=[N+]=[N-])CC[C@]4(C)[C@H]3C[C@H](O)[C@]12C. The van der Waals surface area contributed by atoms with E-state index in [1.165, 1.54) is 20.0 Å². The molecule has 4 fully saturated rings. The lowest BCUT2D eigenvalue weighted by Crippen LogP contribution is -2.60. The van der Waals surface area contributed by atoms with Gasteiger partial charge < -0.3 is 14.9 Å². The summed E-state index contributed by atoms with van der Waals surface area (Å²) in [6, 6.07) is 0. The van der Waals surface area contributed by atoms with Gasteiger partial charge in [-0.1, -0.05) is 25.9 Å². The minimum atomic E-state index is -0.876. The molecule has 0 aliphatic heterocycles. The molecule has 0 aromatic rings. The second kappa shape index (κ2) is 9.05. The smallest absolute Gasteiger partial charge is 0.305 e. The third-order valence-electron chi connectivity index (χ3n) is 11.1. The molecule has 4 saturated carbocycles. The Balaban J connectivity index is 1.51. The standard InChI is InChI=1S/C26H43N3O4/c1-16(5-10-23(31)33-4)19-8-9-20-18-7-6-17-14-26(32,15-28-29-27)12-11-24(17,2)21(18)13-22(30)25(19,20)3/h16-22,30,32H,5-15H2,1-4H3/t16-,17-,18+,19-,20+,21+,22+,24+,25-,26+/m1/s1. The Morgan fingerprint density at radius 3 is 2.67 bits per heavy atom. The van der Waals surface area contributed by atoms with Crippen LogP contribution in [0.2, 0.25) is 0 Å². The molecule has 10 atom stereocenters. The minimum absolute atomic E-state index is 0.0865. The molecule has 4 aliphatic carbocycles. The van der Waals surface area contributed by atoms with E-state index >= 15 is 0 Å². The summed E-state index contributed by atoms with van der Waals surface area (Å²) in [5.41, 5.74) is 7.88. The molecule has 186 valence electrons. The monoisotopic (exact) mass is 461 g/mol. The van der Waals surface area contributed by atoms with Crippen molar-refractivity contribution < 1.29 is 19.7 Å². The number of nitrogens with zero attached hydrogens (tertiary/aromatic N) is 3. The number of carbonyl (C=O) groups excluding carboxylic acids is 1. The van der Waals surface area contributed by atoms with Crippen LogP contribution >= 0.6 is 0 Å². The molecule has 0 heterocycles. The van der Waals surface area contributed by atoms with Gasteiger partial charge in [0.05, 0.1) is 25.4 Å². The summed E-state index contributed by atoms with van der Waals surface area (Å²) in [6.07, 6.45) is 8.70. The Morgan fingerprint density at radius 1 is 1.21 bits per heavy atom. The molecule has 4 rings (SSSR count). The number of azide groups is 1. The summed E-state index contributed by atoms with van der Waals surface area (Å²) < 4.78 is 4.85. The van der Waals surface area contributed by atoms with Crippen LogP contribution in [0.4, 0.5) is 0 Å². The maximum atomic E-state index is 11.7. The van der Waals surface area contributed by atoms with E-state index in [1.54, 1.807) is 0 Å². The molecule has 0 spiro atoms. The van der Waals surface area contributed by atoms with E-state index in [9.17, 15) is 15.0 Å². The second-order valence-electron chi connectivity index (χ2n) is 12.4. The van der Waals surface area contributed by atoms with E-state index < -0.39 is 5.60 Å². The number of aliphatic hydroxyl groups excluding tert-OH is 1. The molecule has 0 radical (unpaired) electrons. The van der Waals surface area contributed by atoms with Gasteiger partial charge in [-0.25, -0.2) is 0 Å². The first kappa shape index (κ1) is 24.8. The number of carbonyl (C=O) groups is 1. The number of hydrogen-bond acceptors (Lipinski definition) is 5. The van der Waals surface area contributed by atoms with Gasteiger partial charge in [-0.05, 0) is 110 Å². The molecule has 0 aromatic heterocycles. The van der Waals surface area contributed by atoms with Gasteiger partial charge in [-0.3, -0.25) is 4.79 Å². The highest BCUT2D eigenvalue weighted by molar-refractivity contribution is 5.69. The van der Waals surface area contributed by atoms with E-state index in [0.717, 1.165) is 32.1 Å². The van der Waals surface area contributed by atoms with Crippen LogP contribution in [0.15, 0.2) is 5.11 Å². The van der Waals surface area contributed by atoms with Crippen LogP contribution in [0, 0.1) is 46.3 Å². The zero-order valence-electron chi connectivity index (χ0n) is 20.9. The highest BCUT2D eigenvalue weighted by Gasteiger charge is 2.64. The highest BCUT2D eigenvalue weighted by Crippen LogP contribution is 2.68. The minimum Gasteiger partial charge on any atom is -0.469 e. The van der Waals surface area contributed by atoms with Gasteiger partial charge >= 0.3 is 5.97 Å². The highest BCUT2D eigenvalue weighted by atomic mass is 16.5. The Labute approximate surface area is 198 Å². The normalized spacial score (nSPS) is 47.5. The molecule has 0 unspecified atom stereocenters. The number of fused-ring (bicyclic) bond motifs is 5. The van der Waals surface area contributed by atoms with Gasteiger partial charge in [-0.15, -0.1) is 0 Å². The third kappa shape index (κ3) is 4.08. The Morgan fingerprint density at radius 2 is 1.97 bits per heavy atom. The van der Waals surface area contributed by atoms with E-state index in [2.05, 4.69) is 30.8 Å². The van der Waals surface area contributed by atoms with Gasteiger partial charge in [-0.2, -0.15) is 0 Å². The Kier molecular flexibility index (Phi) is 6.81. The molecule has 0 aromatic carbocycles. The van der Waals surface area contributed by atoms with Crippen molar-refractivity contribution in [1.82, 2.24) is 0 Å². The Bertz CT molecular complexity index is 800. The van der Waals surface area contributed by atoms with Crippen molar-refractivity contribution in [2.45, 2.75) is 96.7 Å². The van der Waals surface area contributed by atoms with Crippen molar-refractivity contribution in [2.24, 2.45) is 51.5 Å². The molecule has 33 heavy (non-hydrogen) atoms. The fourth-order valence-corrected chi connectivity index (χ4v) is 9.20. The molecule has 0 amide bonds. The number of rotatable bonds is 6. The number of ether oxygens (including phenoxy) is 1.